The number of aryl methyl sites for hydroxylation is 2. The predicted octanol–water partition coefficient (Wildman–Crippen LogP) is 17.8. The number of hydrogen-bond donors (Lipinski definition) is 0. The largest absolute Gasteiger partial charge is 0.458 e. The topological polar surface area (TPSA) is 45.2 Å². The van der Waals surface area contributed by atoms with Crippen LogP contribution in [0.1, 0.15) is 11.1 Å². The van der Waals surface area contributed by atoms with Gasteiger partial charge in [-0.2, -0.15) is 0 Å². The average Bonchev–Trinajstić information content (AvgIpc) is 4.11. The fourth-order valence-electron chi connectivity index (χ4n) is 12.6. The third-order valence-electron chi connectivity index (χ3n) is 16.0. The lowest BCUT2D eigenvalue weighted by molar-refractivity contribution is 0.488. The van der Waals surface area contributed by atoms with E-state index in [1.165, 1.54) is 11.1 Å². The van der Waals surface area contributed by atoms with Crippen LogP contribution in [0.25, 0.3) is 65.4 Å². The fraction of sp³-hybridized carbons (Fsp3) is 0.0286. The highest BCUT2D eigenvalue weighted by molar-refractivity contribution is 6.99. The number of fused-ring (bicyclic) bond motifs is 14. The summed E-state index contributed by atoms with van der Waals surface area (Å²) in [7, 11) is 0. The molecule has 0 atom stereocenters. The zero-order valence-electron chi connectivity index (χ0n) is 42.2. The van der Waals surface area contributed by atoms with Gasteiger partial charge in [-0.3, -0.25) is 0 Å². The van der Waals surface area contributed by atoms with Gasteiger partial charge in [-0.05, 0) is 186 Å². The lowest BCUT2D eigenvalue weighted by Gasteiger charge is -2.40. The van der Waals surface area contributed by atoms with Gasteiger partial charge in [0.15, 0.2) is 0 Å². The van der Waals surface area contributed by atoms with Gasteiger partial charge in [0.05, 0.1) is 5.69 Å². The van der Waals surface area contributed by atoms with Crippen LogP contribution < -0.4 is 35.8 Å². The Kier molecular flexibility index (Phi) is 9.46. The number of anilines is 9. The van der Waals surface area contributed by atoms with Gasteiger partial charge in [0, 0.05) is 77.8 Å². The third kappa shape index (κ3) is 6.63. The van der Waals surface area contributed by atoms with Crippen molar-refractivity contribution in [2.75, 3.05) is 14.7 Å². The van der Waals surface area contributed by atoms with E-state index >= 15 is 0 Å². The van der Waals surface area contributed by atoms with Gasteiger partial charge in [-0.25, -0.2) is 0 Å². The molecule has 6 nitrogen and oxygen atoms in total. The maximum absolute atomic E-state index is 7.15. The first-order valence-corrected chi connectivity index (χ1v) is 26.3. The molecule has 7 heteroatoms. The van der Waals surface area contributed by atoms with Gasteiger partial charge >= 0.3 is 0 Å². The summed E-state index contributed by atoms with van der Waals surface area (Å²) in [6.07, 6.45) is 0. The van der Waals surface area contributed by atoms with Crippen molar-refractivity contribution in [2.24, 2.45) is 0 Å². The van der Waals surface area contributed by atoms with Gasteiger partial charge in [-0.1, -0.05) is 109 Å². The summed E-state index contributed by atoms with van der Waals surface area (Å²) >= 11 is 0. The second-order valence-corrected chi connectivity index (χ2v) is 20.5. The number of rotatable bonds is 7. The molecule has 0 saturated carbocycles. The van der Waals surface area contributed by atoms with Crippen molar-refractivity contribution >= 4 is 140 Å². The lowest BCUT2D eigenvalue weighted by atomic mass is 9.34. The van der Waals surface area contributed by atoms with Crippen LogP contribution in [0, 0.1) is 13.8 Å². The third-order valence-corrected chi connectivity index (χ3v) is 16.0. The van der Waals surface area contributed by atoms with E-state index in [1.54, 1.807) is 0 Å². The van der Waals surface area contributed by atoms with E-state index in [-0.39, 0.29) is 6.71 Å². The van der Waals surface area contributed by atoms with Crippen LogP contribution in [-0.4, -0.2) is 6.71 Å². The van der Waals surface area contributed by atoms with Gasteiger partial charge < -0.3 is 28.3 Å². The molecule has 16 rings (SSSR count). The fourth-order valence-corrected chi connectivity index (χ4v) is 12.6. The molecule has 0 saturated heterocycles. The highest BCUT2D eigenvalue weighted by Gasteiger charge is 2.43. The van der Waals surface area contributed by atoms with Crippen LogP contribution in [0.3, 0.4) is 0 Å². The molecule has 0 radical (unpaired) electrons. The SMILES string of the molecule is Cc1cccc(C)c1N1c2cc3c(cc2B2c4cc5oc6c7ccc(N(c8ccccc8)c8ccccc8)cc7ccc6c5cc4Oc4cccc1c42)oc1c2ccc(N(c4ccccc4)c4ccccc4)cc2ccc31. The molecule has 2 aromatic heterocycles. The Morgan fingerprint density at radius 3 is 1.34 bits per heavy atom. The molecule has 12 aromatic carbocycles. The zero-order chi connectivity index (χ0) is 50.9. The minimum atomic E-state index is -0.182. The maximum Gasteiger partial charge on any atom is 0.256 e. The Hall–Kier alpha value is -9.98. The molecule has 2 aliphatic heterocycles. The van der Waals surface area contributed by atoms with Crippen LogP contribution in [0.5, 0.6) is 11.5 Å². The molecule has 362 valence electrons. The molecular formula is C70H46BN3O3. The number of hydrogen-bond acceptors (Lipinski definition) is 6. The second-order valence-electron chi connectivity index (χ2n) is 20.5. The first-order valence-electron chi connectivity index (χ1n) is 26.3. The van der Waals surface area contributed by atoms with E-state index in [4.69, 9.17) is 13.6 Å². The Morgan fingerprint density at radius 1 is 0.351 bits per heavy atom. The van der Waals surface area contributed by atoms with Crippen molar-refractivity contribution < 1.29 is 13.6 Å². The Bertz CT molecular complexity index is 4610. The quantitative estimate of drug-likeness (QED) is 0.148. The molecule has 4 heterocycles. The van der Waals surface area contributed by atoms with Crippen LogP contribution in [0.2, 0.25) is 0 Å². The van der Waals surface area contributed by atoms with Crippen molar-refractivity contribution in [3.63, 3.8) is 0 Å². The normalized spacial score (nSPS) is 12.6. The summed E-state index contributed by atoms with van der Waals surface area (Å²) in [6, 6.07) is 86.7. The van der Waals surface area contributed by atoms with Crippen molar-refractivity contribution in [3.8, 4) is 11.5 Å². The molecule has 2 aliphatic rings. The molecule has 0 bridgehead atoms. The molecule has 0 unspecified atom stereocenters. The summed E-state index contributed by atoms with van der Waals surface area (Å²) in [6.45, 7) is 4.24. The minimum absolute atomic E-state index is 0.182. The van der Waals surface area contributed by atoms with Gasteiger partial charge in [0.1, 0.15) is 33.8 Å². The van der Waals surface area contributed by atoms with Gasteiger partial charge in [0.2, 0.25) is 0 Å². The van der Waals surface area contributed by atoms with Crippen LogP contribution >= 0.6 is 0 Å². The highest BCUT2D eigenvalue weighted by Crippen LogP contribution is 2.48. The summed E-state index contributed by atoms with van der Waals surface area (Å²) in [5.41, 5.74) is 19.0. The van der Waals surface area contributed by atoms with Crippen LogP contribution in [-0.2, 0) is 0 Å². The molecule has 77 heavy (non-hydrogen) atoms. The summed E-state index contributed by atoms with van der Waals surface area (Å²) in [4.78, 5) is 7.07. The molecule has 0 aliphatic carbocycles. The van der Waals surface area contributed by atoms with Gasteiger partial charge in [0.25, 0.3) is 6.71 Å². The zero-order valence-corrected chi connectivity index (χ0v) is 42.2. The van der Waals surface area contributed by atoms with Crippen LogP contribution in [0.15, 0.2) is 251 Å². The van der Waals surface area contributed by atoms with Crippen molar-refractivity contribution in [1.82, 2.24) is 0 Å². The van der Waals surface area contributed by atoms with Crippen molar-refractivity contribution in [2.45, 2.75) is 13.8 Å². The summed E-state index contributed by atoms with van der Waals surface area (Å²) < 4.78 is 21.3. The van der Waals surface area contributed by atoms with E-state index < -0.39 is 0 Å². The molecular weight excluding hydrogens is 942 g/mol. The lowest BCUT2D eigenvalue weighted by Crippen LogP contribution is -2.59. The second kappa shape index (κ2) is 16.8. The predicted molar refractivity (Wildman–Crippen MR) is 321 cm³/mol. The number of benzene rings is 12. The van der Waals surface area contributed by atoms with Crippen LogP contribution in [0.4, 0.5) is 51.2 Å². The van der Waals surface area contributed by atoms with E-state index in [0.717, 1.165) is 144 Å². The molecule has 0 spiro atoms. The smallest absolute Gasteiger partial charge is 0.256 e. The van der Waals surface area contributed by atoms with E-state index in [2.05, 4.69) is 271 Å². The highest BCUT2D eigenvalue weighted by atomic mass is 16.5. The number of nitrogens with zero attached hydrogens (tertiary/aromatic N) is 3. The number of para-hydroxylation sites is 5. The van der Waals surface area contributed by atoms with Gasteiger partial charge in [-0.15, -0.1) is 0 Å². The van der Waals surface area contributed by atoms with E-state index in [1.807, 2.05) is 0 Å². The molecule has 0 amide bonds. The standard InChI is InChI=1S/C70H46BN3O3/c1-43-17-15-18-44(2)68(43)74-61-27-16-28-63-67(61)71(59-41-64-57(39-62(59)74)55-33-29-45-37-51(31-35-53(45)69(55)76-64)72(47-19-7-3-8-20-47)48-21-9-4-10-22-48)60-42-65-58(40-66(60)75-63)56-34-30-46-38-52(32-36-54(46)70(56)77-65)73(49-23-11-5-12-24-49)50-25-13-6-14-26-50/h3-42H,1-2H3. The number of ether oxygens (including phenoxy) is 1. The first-order chi connectivity index (χ1) is 38.0. The Labute approximate surface area is 444 Å². The number of furan rings is 2. The molecule has 0 fully saturated rings. The Balaban J connectivity index is 0.871. The molecule has 14 aromatic rings. The van der Waals surface area contributed by atoms with Crippen molar-refractivity contribution in [1.29, 1.82) is 0 Å². The molecule has 0 N–H and O–H groups in total. The minimum Gasteiger partial charge on any atom is -0.458 e. The Morgan fingerprint density at radius 2 is 0.818 bits per heavy atom. The van der Waals surface area contributed by atoms with E-state index in [0.29, 0.717) is 0 Å². The average molecular weight is 988 g/mol. The maximum atomic E-state index is 7.15. The first kappa shape index (κ1) is 43.4. The monoisotopic (exact) mass is 987 g/mol. The summed E-state index contributed by atoms with van der Waals surface area (Å²) in [5.74, 6) is 1.67. The van der Waals surface area contributed by atoms with E-state index in [9.17, 15) is 0 Å². The van der Waals surface area contributed by atoms with Crippen molar-refractivity contribution in [3.05, 3.63) is 254 Å². The summed E-state index contributed by atoms with van der Waals surface area (Å²) in [5, 5.41) is 8.55.